The molecule has 9 nitrogen and oxygen atoms in total. The van der Waals surface area contributed by atoms with E-state index in [1.165, 1.54) is 28.6 Å². The van der Waals surface area contributed by atoms with Crippen molar-refractivity contribution < 1.29 is 18.1 Å². The van der Waals surface area contributed by atoms with Gasteiger partial charge >= 0.3 is 0 Å². The molecule has 1 amide bonds. The smallest absolute Gasteiger partial charge is 0.289 e. The number of amides is 1. The van der Waals surface area contributed by atoms with Crippen molar-refractivity contribution in [2.75, 3.05) is 46.3 Å². The molecule has 27 heavy (non-hydrogen) atoms. The number of piperidine rings is 1. The van der Waals surface area contributed by atoms with Gasteiger partial charge in [0.2, 0.25) is 15.9 Å². The maximum atomic E-state index is 13.0. The summed E-state index contributed by atoms with van der Waals surface area (Å²) in [4.78, 5) is 27.0. The lowest BCUT2D eigenvalue weighted by Crippen LogP contribution is -2.52. The van der Waals surface area contributed by atoms with Gasteiger partial charge in [-0.3, -0.25) is 14.9 Å². The third-order valence-electron chi connectivity index (χ3n) is 5.23. The van der Waals surface area contributed by atoms with E-state index in [9.17, 15) is 23.3 Å². The zero-order valence-electron chi connectivity index (χ0n) is 15.3. The minimum atomic E-state index is -4.03. The first-order valence-electron chi connectivity index (χ1n) is 9.01. The van der Waals surface area contributed by atoms with Gasteiger partial charge in [-0.2, -0.15) is 4.31 Å². The lowest BCUT2D eigenvalue weighted by Gasteiger charge is -2.37. The summed E-state index contributed by atoms with van der Waals surface area (Å²) in [6.45, 7) is 3.22. The highest BCUT2D eigenvalue weighted by molar-refractivity contribution is 7.89. The van der Waals surface area contributed by atoms with Crippen molar-refractivity contribution in [2.24, 2.45) is 5.92 Å². The largest absolute Gasteiger partial charge is 0.340 e. The molecule has 2 aliphatic rings. The summed E-state index contributed by atoms with van der Waals surface area (Å²) in [5.74, 6) is -0.426. The molecule has 0 aromatic heterocycles. The van der Waals surface area contributed by atoms with Crippen LogP contribution < -0.4 is 0 Å². The van der Waals surface area contributed by atoms with Crippen molar-refractivity contribution in [1.82, 2.24) is 14.1 Å². The van der Waals surface area contributed by atoms with Crippen molar-refractivity contribution in [2.45, 2.75) is 17.7 Å². The molecular formula is C17H24N4O5S. The molecule has 0 spiro atoms. The van der Waals surface area contributed by atoms with Crippen LogP contribution in [0.1, 0.15) is 12.8 Å². The molecule has 2 saturated heterocycles. The van der Waals surface area contributed by atoms with Gasteiger partial charge in [0, 0.05) is 45.3 Å². The van der Waals surface area contributed by atoms with Gasteiger partial charge in [-0.25, -0.2) is 8.42 Å². The van der Waals surface area contributed by atoms with E-state index in [0.717, 1.165) is 13.1 Å². The Morgan fingerprint density at radius 3 is 2.48 bits per heavy atom. The van der Waals surface area contributed by atoms with Crippen LogP contribution in [0.2, 0.25) is 0 Å². The molecule has 1 atom stereocenters. The summed E-state index contributed by atoms with van der Waals surface area (Å²) in [5.41, 5.74) is -0.440. The molecule has 148 valence electrons. The van der Waals surface area contributed by atoms with Crippen molar-refractivity contribution in [3.05, 3.63) is 34.4 Å². The zero-order valence-corrected chi connectivity index (χ0v) is 16.1. The fourth-order valence-corrected chi connectivity index (χ4v) is 5.29. The highest BCUT2D eigenvalue weighted by atomic mass is 32.2. The van der Waals surface area contributed by atoms with Crippen molar-refractivity contribution >= 4 is 21.6 Å². The minimum Gasteiger partial charge on any atom is -0.340 e. The number of likely N-dealkylation sites (N-methyl/N-ethyl adjacent to an activating group) is 1. The molecule has 0 aliphatic carbocycles. The molecule has 0 saturated carbocycles. The number of nitrogens with zero attached hydrogens (tertiary/aromatic N) is 4. The van der Waals surface area contributed by atoms with Gasteiger partial charge in [0.1, 0.15) is 0 Å². The average Bonchev–Trinajstić information content (AvgIpc) is 2.68. The van der Waals surface area contributed by atoms with Crippen LogP contribution in [0.3, 0.4) is 0 Å². The molecule has 2 aliphatic heterocycles. The Morgan fingerprint density at radius 1 is 1.15 bits per heavy atom. The number of carbonyl (C=O) groups is 1. The molecule has 0 bridgehead atoms. The van der Waals surface area contributed by atoms with Crippen LogP contribution >= 0.6 is 0 Å². The van der Waals surface area contributed by atoms with Crippen LogP contribution in [0, 0.1) is 16.0 Å². The topological polar surface area (TPSA) is 104 Å². The molecule has 2 heterocycles. The molecule has 0 unspecified atom stereocenters. The van der Waals surface area contributed by atoms with E-state index >= 15 is 0 Å². The van der Waals surface area contributed by atoms with E-state index in [1.54, 1.807) is 4.90 Å². The van der Waals surface area contributed by atoms with Crippen molar-refractivity contribution in [3.8, 4) is 0 Å². The van der Waals surface area contributed by atoms with Crippen LogP contribution in [0.5, 0.6) is 0 Å². The molecule has 10 heteroatoms. The molecule has 3 rings (SSSR count). The van der Waals surface area contributed by atoms with E-state index in [2.05, 4.69) is 4.90 Å². The number of benzene rings is 1. The Hall–Kier alpha value is -2.04. The number of para-hydroxylation sites is 1. The molecule has 1 aromatic carbocycles. The van der Waals surface area contributed by atoms with Crippen LogP contribution in [-0.2, 0) is 14.8 Å². The number of hydrogen-bond donors (Lipinski definition) is 0. The second-order valence-electron chi connectivity index (χ2n) is 7.06. The number of piperazine rings is 1. The highest BCUT2D eigenvalue weighted by Crippen LogP contribution is 2.30. The van der Waals surface area contributed by atoms with Gasteiger partial charge in [0.15, 0.2) is 4.90 Å². The van der Waals surface area contributed by atoms with Crippen molar-refractivity contribution in [3.63, 3.8) is 0 Å². The molecular weight excluding hydrogens is 372 g/mol. The zero-order chi connectivity index (χ0) is 19.6. The van der Waals surface area contributed by atoms with Crippen molar-refractivity contribution in [1.29, 1.82) is 0 Å². The average molecular weight is 396 g/mol. The fourth-order valence-electron chi connectivity index (χ4n) is 3.61. The monoisotopic (exact) mass is 396 g/mol. The van der Waals surface area contributed by atoms with E-state index in [0.29, 0.717) is 25.9 Å². The second kappa shape index (κ2) is 7.91. The maximum Gasteiger partial charge on any atom is 0.289 e. The lowest BCUT2D eigenvalue weighted by atomic mass is 9.98. The van der Waals surface area contributed by atoms with E-state index < -0.39 is 26.6 Å². The number of nitro benzene ring substituents is 1. The summed E-state index contributed by atoms with van der Waals surface area (Å²) in [5, 5.41) is 11.2. The van der Waals surface area contributed by atoms with Gasteiger partial charge in [0.05, 0.1) is 10.8 Å². The van der Waals surface area contributed by atoms with E-state index in [1.807, 2.05) is 7.05 Å². The quantitative estimate of drug-likeness (QED) is 0.550. The van der Waals surface area contributed by atoms with E-state index in [4.69, 9.17) is 0 Å². The first kappa shape index (κ1) is 19.7. The number of sulfonamides is 1. The summed E-state index contributed by atoms with van der Waals surface area (Å²) >= 11 is 0. The van der Waals surface area contributed by atoms with Gasteiger partial charge < -0.3 is 9.80 Å². The van der Waals surface area contributed by atoms with Gasteiger partial charge in [-0.15, -0.1) is 0 Å². The SMILES string of the molecule is CN1CCN(C(=O)[C@@H]2CCCN(S(=O)(=O)c3ccccc3[N+](=O)[O-])C2)CC1. The first-order valence-corrected chi connectivity index (χ1v) is 10.5. The fraction of sp³-hybridized carbons (Fsp3) is 0.588. The van der Waals surface area contributed by atoms with E-state index in [-0.39, 0.29) is 23.9 Å². The summed E-state index contributed by atoms with van der Waals surface area (Å²) in [6, 6.07) is 5.34. The van der Waals surface area contributed by atoms with Crippen LogP contribution in [0.4, 0.5) is 5.69 Å². The number of carbonyl (C=O) groups excluding carboxylic acids is 1. The predicted octanol–water partition coefficient (Wildman–Crippen LogP) is 0.770. The Kier molecular flexibility index (Phi) is 5.78. The Balaban J connectivity index is 1.78. The summed E-state index contributed by atoms with van der Waals surface area (Å²) in [6.07, 6.45) is 1.19. The number of hydrogen-bond acceptors (Lipinski definition) is 6. The van der Waals surface area contributed by atoms with Crippen LogP contribution in [0.25, 0.3) is 0 Å². The third-order valence-corrected chi connectivity index (χ3v) is 7.14. The Labute approximate surface area is 158 Å². The van der Waals surface area contributed by atoms with Gasteiger partial charge in [0.25, 0.3) is 5.69 Å². The molecule has 2 fully saturated rings. The summed E-state index contributed by atoms with van der Waals surface area (Å²) < 4.78 is 27.2. The third kappa shape index (κ3) is 4.12. The Morgan fingerprint density at radius 2 is 1.81 bits per heavy atom. The van der Waals surface area contributed by atoms with Crippen LogP contribution in [-0.4, -0.2) is 79.7 Å². The molecule has 1 aromatic rings. The number of rotatable bonds is 4. The molecule has 0 radical (unpaired) electrons. The second-order valence-corrected chi connectivity index (χ2v) is 8.96. The standard InChI is InChI=1S/C17H24N4O5S/c1-18-9-11-19(12-10-18)17(22)14-5-4-8-20(13-14)27(25,26)16-7-3-2-6-15(16)21(23)24/h2-3,6-7,14H,4-5,8-13H2,1H3/t14-/m1/s1. The lowest BCUT2D eigenvalue weighted by molar-refractivity contribution is -0.387. The number of nitro groups is 1. The highest BCUT2D eigenvalue weighted by Gasteiger charge is 2.38. The van der Waals surface area contributed by atoms with Gasteiger partial charge in [-0.05, 0) is 26.0 Å². The van der Waals surface area contributed by atoms with Gasteiger partial charge in [-0.1, -0.05) is 12.1 Å². The van der Waals surface area contributed by atoms with Crippen LogP contribution in [0.15, 0.2) is 29.2 Å². The predicted molar refractivity (Wildman–Crippen MR) is 98.7 cm³/mol. The maximum absolute atomic E-state index is 13.0. The first-order chi connectivity index (χ1) is 12.8. The Bertz CT molecular complexity index is 820. The minimum absolute atomic E-state index is 0.0226. The normalized spacial score (nSPS) is 22.6. The summed E-state index contributed by atoms with van der Waals surface area (Å²) in [7, 11) is -2.03. The molecule has 0 N–H and O–H groups in total.